The number of rotatable bonds is 3. The number of nitrogens with one attached hydrogen (secondary N) is 1. The Bertz CT molecular complexity index is 292. The van der Waals surface area contributed by atoms with Crippen molar-refractivity contribution in [2.45, 2.75) is 39.8 Å². The van der Waals surface area contributed by atoms with Gasteiger partial charge in [-0.2, -0.15) is 5.48 Å². The van der Waals surface area contributed by atoms with Crippen LogP contribution in [0.25, 0.3) is 0 Å². The van der Waals surface area contributed by atoms with Gasteiger partial charge in [0, 0.05) is 18.9 Å². The van der Waals surface area contributed by atoms with Crippen LogP contribution in [0.15, 0.2) is 18.5 Å². The lowest BCUT2D eigenvalue weighted by atomic mass is 10.2. The van der Waals surface area contributed by atoms with E-state index in [1.54, 1.807) is 6.20 Å². The van der Waals surface area contributed by atoms with E-state index in [0.29, 0.717) is 6.54 Å². The van der Waals surface area contributed by atoms with Gasteiger partial charge in [0.25, 0.3) is 0 Å². The molecule has 0 aliphatic carbocycles. The standard InChI is InChI=1S/C11H18N2O/c1-9-5-6-12-7-10(9)8-13-14-11(2,3)4/h5-7,13H,8H2,1-4H3. The van der Waals surface area contributed by atoms with E-state index in [-0.39, 0.29) is 5.60 Å². The van der Waals surface area contributed by atoms with E-state index < -0.39 is 0 Å². The summed E-state index contributed by atoms with van der Waals surface area (Å²) < 4.78 is 0. The van der Waals surface area contributed by atoms with Crippen LogP contribution in [0.2, 0.25) is 0 Å². The Kier molecular flexibility index (Phi) is 3.61. The molecule has 0 aliphatic heterocycles. The molecule has 0 atom stereocenters. The number of aryl methyl sites for hydroxylation is 1. The number of pyridine rings is 1. The molecule has 1 rings (SSSR count). The molecule has 0 saturated heterocycles. The second kappa shape index (κ2) is 4.53. The zero-order valence-corrected chi connectivity index (χ0v) is 9.29. The maximum absolute atomic E-state index is 5.41. The summed E-state index contributed by atoms with van der Waals surface area (Å²) in [5.41, 5.74) is 5.18. The van der Waals surface area contributed by atoms with Crippen molar-refractivity contribution in [2.75, 3.05) is 0 Å². The maximum Gasteiger partial charge on any atom is 0.0813 e. The van der Waals surface area contributed by atoms with Gasteiger partial charge in [0.1, 0.15) is 0 Å². The predicted octanol–water partition coefficient (Wildman–Crippen LogP) is 2.21. The summed E-state index contributed by atoms with van der Waals surface area (Å²) in [6.07, 6.45) is 3.65. The van der Waals surface area contributed by atoms with Gasteiger partial charge in [-0.3, -0.25) is 9.82 Å². The first kappa shape index (κ1) is 11.1. The maximum atomic E-state index is 5.41. The van der Waals surface area contributed by atoms with Gasteiger partial charge in [-0.05, 0) is 44.9 Å². The van der Waals surface area contributed by atoms with Gasteiger partial charge >= 0.3 is 0 Å². The Morgan fingerprint density at radius 3 is 2.71 bits per heavy atom. The van der Waals surface area contributed by atoms with E-state index in [4.69, 9.17) is 4.84 Å². The van der Waals surface area contributed by atoms with Crippen molar-refractivity contribution in [3.8, 4) is 0 Å². The molecule has 1 N–H and O–H groups in total. The minimum atomic E-state index is -0.157. The molecule has 78 valence electrons. The Morgan fingerprint density at radius 2 is 2.14 bits per heavy atom. The Balaban J connectivity index is 2.43. The highest BCUT2D eigenvalue weighted by Gasteiger charge is 2.09. The monoisotopic (exact) mass is 194 g/mol. The predicted molar refractivity (Wildman–Crippen MR) is 56.7 cm³/mol. The van der Waals surface area contributed by atoms with Gasteiger partial charge in [0.2, 0.25) is 0 Å². The van der Waals surface area contributed by atoms with Crippen LogP contribution < -0.4 is 5.48 Å². The highest BCUT2D eigenvalue weighted by molar-refractivity contribution is 5.20. The van der Waals surface area contributed by atoms with Gasteiger partial charge in [0.15, 0.2) is 0 Å². The Labute approximate surface area is 85.5 Å². The van der Waals surface area contributed by atoms with Crippen LogP contribution in [0.4, 0.5) is 0 Å². The molecule has 1 aromatic heterocycles. The van der Waals surface area contributed by atoms with E-state index in [0.717, 1.165) is 5.56 Å². The van der Waals surface area contributed by atoms with Crippen LogP contribution in [-0.2, 0) is 11.4 Å². The molecule has 0 spiro atoms. The normalized spacial score (nSPS) is 11.7. The third-order valence-electron chi connectivity index (χ3n) is 1.79. The van der Waals surface area contributed by atoms with Gasteiger partial charge in [0.05, 0.1) is 5.60 Å². The summed E-state index contributed by atoms with van der Waals surface area (Å²) in [6, 6.07) is 1.99. The summed E-state index contributed by atoms with van der Waals surface area (Å²) >= 11 is 0. The van der Waals surface area contributed by atoms with Crippen molar-refractivity contribution in [3.05, 3.63) is 29.6 Å². The lowest BCUT2D eigenvalue weighted by Gasteiger charge is -2.19. The fourth-order valence-electron chi connectivity index (χ4n) is 1.01. The molecule has 1 aromatic rings. The molecule has 0 bridgehead atoms. The highest BCUT2D eigenvalue weighted by Crippen LogP contribution is 2.07. The van der Waals surface area contributed by atoms with E-state index in [1.165, 1.54) is 5.56 Å². The summed E-state index contributed by atoms with van der Waals surface area (Å²) in [5.74, 6) is 0. The lowest BCUT2D eigenvalue weighted by Crippen LogP contribution is -2.28. The molecular weight excluding hydrogens is 176 g/mol. The van der Waals surface area contributed by atoms with Crippen LogP contribution in [0.1, 0.15) is 31.9 Å². The van der Waals surface area contributed by atoms with Crippen molar-refractivity contribution in [3.63, 3.8) is 0 Å². The Hall–Kier alpha value is -0.930. The second-order valence-electron chi connectivity index (χ2n) is 4.34. The summed E-state index contributed by atoms with van der Waals surface area (Å²) in [4.78, 5) is 9.48. The molecular formula is C11H18N2O. The first-order valence-electron chi connectivity index (χ1n) is 4.79. The molecule has 0 fully saturated rings. The van der Waals surface area contributed by atoms with Crippen LogP contribution in [0.3, 0.4) is 0 Å². The molecule has 1 heterocycles. The number of hydrogen-bond donors (Lipinski definition) is 1. The fraction of sp³-hybridized carbons (Fsp3) is 0.545. The molecule has 3 nitrogen and oxygen atoms in total. The highest BCUT2D eigenvalue weighted by atomic mass is 16.7. The number of hydroxylamine groups is 1. The molecule has 0 radical (unpaired) electrons. The molecule has 3 heteroatoms. The molecule has 0 aliphatic rings. The quantitative estimate of drug-likeness (QED) is 0.749. The van der Waals surface area contributed by atoms with Crippen molar-refractivity contribution in [1.82, 2.24) is 10.5 Å². The fourth-order valence-corrected chi connectivity index (χ4v) is 1.01. The summed E-state index contributed by atoms with van der Waals surface area (Å²) in [5, 5.41) is 0. The van der Waals surface area contributed by atoms with Crippen molar-refractivity contribution in [2.24, 2.45) is 0 Å². The van der Waals surface area contributed by atoms with Gasteiger partial charge < -0.3 is 0 Å². The third-order valence-corrected chi connectivity index (χ3v) is 1.79. The van der Waals surface area contributed by atoms with Gasteiger partial charge in [-0.25, -0.2) is 0 Å². The number of hydrogen-bond acceptors (Lipinski definition) is 3. The number of aromatic nitrogens is 1. The van der Waals surface area contributed by atoms with Gasteiger partial charge in [-0.15, -0.1) is 0 Å². The average Bonchev–Trinajstić information content (AvgIpc) is 2.06. The topological polar surface area (TPSA) is 34.2 Å². The van der Waals surface area contributed by atoms with Crippen molar-refractivity contribution >= 4 is 0 Å². The minimum Gasteiger partial charge on any atom is -0.296 e. The van der Waals surface area contributed by atoms with E-state index in [2.05, 4.69) is 17.4 Å². The van der Waals surface area contributed by atoms with E-state index >= 15 is 0 Å². The molecule has 0 amide bonds. The first-order valence-corrected chi connectivity index (χ1v) is 4.79. The minimum absolute atomic E-state index is 0.157. The smallest absolute Gasteiger partial charge is 0.0813 e. The molecule has 0 aromatic carbocycles. The zero-order valence-electron chi connectivity index (χ0n) is 9.29. The van der Waals surface area contributed by atoms with Crippen molar-refractivity contribution < 1.29 is 4.84 Å². The van der Waals surface area contributed by atoms with Gasteiger partial charge in [-0.1, -0.05) is 0 Å². The Morgan fingerprint density at radius 1 is 1.43 bits per heavy atom. The summed E-state index contributed by atoms with van der Waals surface area (Å²) in [7, 11) is 0. The van der Waals surface area contributed by atoms with Crippen molar-refractivity contribution in [1.29, 1.82) is 0 Å². The first-order chi connectivity index (χ1) is 6.49. The van der Waals surface area contributed by atoms with Crippen LogP contribution >= 0.6 is 0 Å². The summed E-state index contributed by atoms with van der Waals surface area (Å²) in [6.45, 7) is 8.79. The second-order valence-corrected chi connectivity index (χ2v) is 4.34. The number of nitrogens with zero attached hydrogens (tertiary/aromatic N) is 1. The zero-order chi connectivity index (χ0) is 10.6. The van der Waals surface area contributed by atoms with E-state index in [9.17, 15) is 0 Å². The van der Waals surface area contributed by atoms with Crippen LogP contribution in [0.5, 0.6) is 0 Å². The SMILES string of the molecule is Cc1ccncc1CNOC(C)(C)C. The molecule has 14 heavy (non-hydrogen) atoms. The molecule has 0 saturated carbocycles. The largest absolute Gasteiger partial charge is 0.296 e. The van der Waals surface area contributed by atoms with Crippen LogP contribution in [0, 0.1) is 6.92 Å². The molecule has 0 unspecified atom stereocenters. The average molecular weight is 194 g/mol. The van der Waals surface area contributed by atoms with E-state index in [1.807, 2.05) is 33.0 Å². The van der Waals surface area contributed by atoms with Crippen LogP contribution in [-0.4, -0.2) is 10.6 Å². The third kappa shape index (κ3) is 3.85. The lowest BCUT2D eigenvalue weighted by molar-refractivity contribution is -0.0758.